The quantitative estimate of drug-likeness (QED) is 0.724. The molecule has 0 saturated heterocycles. The summed E-state index contributed by atoms with van der Waals surface area (Å²) in [5.41, 5.74) is 0.960. The Morgan fingerprint density at radius 2 is 1.76 bits per heavy atom. The van der Waals surface area contributed by atoms with Crippen molar-refractivity contribution in [1.29, 1.82) is 0 Å². The number of halogens is 2. The first kappa shape index (κ1) is 21.5. The lowest BCUT2D eigenvalue weighted by Gasteiger charge is -2.10. The van der Waals surface area contributed by atoms with Crippen LogP contribution in [-0.4, -0.2) is 16.1 Å². The summed E-state index contributed by atoms with van der Waals surface area (Å²) < 4.78 is 0. The van der Waals surface area contributed by atoms with Gasteiger partial charge in [0.25, 0.3) is 5.56 Å². The van der Waals surface area contributed by atoms with Gasteiger partial charge in [0.2, 0.25) is 5.91 Å². The molecule has 1 aromatic heterocycles. The number of nitrogens with one attached hydrogen (secondary N) is 2. The molecule has 25 heavy (non-hydrogen) atoms. The van der Waals surface area contributed by atoms with Gasteiger partial charge in [0.15, 0.2) is 0 Å². The summed E-state index contributed by atoms with van der Waals surface area (Å²) >= 11 is 13.7. The summed E-state index contributed by atoms with van der Waals surface area (Å²) in [5.74, 6) is -0.129. The molecule has 2 rings (SSSR count). The van der Waals surface area contributed by atoms with Gasteiger partial charge in [-0.05, 0) is 24.1 Å². The minimum Gasteiger partial charge on any atom is -0.326 e. The van der Waals surface area contributed by atoms with E-state index in [-0.39, 0.29) is 17.4 Å². The van der Waals surface area contributed by atoms with Crippen molar-refractivity contribution in [3.63, 3.8) is 0 Å². The van der Waals surface area contributed by atoms with Crippen LogP contribution in [0.4, 0.5) is 5.69 Å². The average Bonchev–Trinajstić information content (AvgIpc) is 2.53. The minimum absolute atomic E-state index is 0.0780. The fraction of sp³-hybridized carbons (Fsp3) is 0.353. The highest BCUT2D eigenvalue weighted by Gasteiger charge is 2.14. The van der Waals surface area contributed by atoms with Gasteiger partial charge in [-0.25, -0.2) is 5.10 Å². The zero-order chi connectivity index (χ0) is 19.1. The van der Waals surface area contributed by atoms with Crippen molar-refractivity contribution in [3.8, 4) is 0 Å². The van der Waals surface area contributed by atoms with E-state index in [0.29, 0.717) is 31.2 Å². The van der Waals surface area contributed by atoms with E-state index in [0.717, 1.165) is 0 Å². The largest absolute Gasteiger partial charge is 0.326 e. The van der Waals surface area contributed by atoms with Crippen LogP contribution in [0.2, 0.25) is 10.0 Å². The Labute approximate surface area is 161 Å². The van der Waals surface area contributed by atoms with E-state index >= 15 is 0 Å². The smallest absolute Gasteiger partial charge is 0.267 e. The Hall–Kier alpha value is -1.50. The first-order chi connectivity index (χ1) is 11.8. The molecule has 1 amide bonds. The Morgan fingerprint density at radius 3 is 2.24 bits per heavy atom. The van der Waals surface area contributed by atoms with E-state index < -0.39 is 0 Å². The van der Waals surface area contributed by atoms with Gasteiger partial charge in [0.1, 0.15) is 5.03 Å². The highest BCUT2D eigenvalue weighted by Crippen LogP contribution is 2.39. The number of hydrogen-bond donors (Lipinski definition) is 2. The number of aromatic nitrogens is 2. The van der Waals surface area contributed by atoms with Crippen LogP contribution < -0.4 is 10.9 Å². The molecule has 136 valence electrons. The number of carbonyl (C=O) groups is 1. The van der Waals surface area contributed by atoms with Crippen molar-refractivity contribution in [1.82, 2.24) is 10.2 Å². The van der Waals surface area contributed by atoms with Gasteiger partial charge in [-0.15, -0.1) is 0 Å². The summed E-state index contributed by atoms with van der Waals surface area (Å²) in [6.07, 6.45) is 0. The van der Waals surface area contributed by atoms with Crippen molar-refractivity contribution in [3.05, 3.63) is 44.2 Å². The second kappa shape index (κ2) is 9.85. The van der Waals surface area contributed by atoms with Crippen LogP contribution in [-0.2, 0) is 4.79 Å². The topological polar surface area (TPSA) is 74.8 Å². The summed E-state index contributed by atoms with van der Waals surface area (Å²) in [5, 5.41) is 10.5. The monoisotopic (exact) mass is 401 g/mol. The molecule has 0 spiro atoms. The molecule has 0 radical (unpaired) electrons. The van der Waals surface area contributed by atoms with Crippen LogP contribution in [0.5, 0.6) is 0 Å². The van der Waals surface area contributed by atoms with E-state index in [9.17, 15) is 9.59 Å². The normalized spacial score (nSPS) is 10.2. The molecule has 8 heteroatoms. The summed E-state index contributed by atoms with van der Waals surface area (Å²) in [6.45, 7) is 9.27. The maximum absolute atomic E-state index is 11.7. The molecule has 0 bridgehead atoms. The van der Waals surface area contributed by atoms with E-state index in [2.05, 4.69) is 15.5 Å². The van der Waals surface area contributed by atoms with E-state index in [1.807, 2.05) is 27.7 Å². The van der Waals surface area contributed by atoms with Crippen molar-refractivity contribution in [2.75, 3.05) is 5.32 Å². The molecule has 0 fully saturated rings. The number of amides is 1. The molecule has 2 aromatic rings. The Morgan fingerprint density at radius 1 is 1.20 bits per heavy atom. The number of hydrogen-bond acceptors (Lipinski definition) is 4. The second-order valence-electron chi connectivity index (χ2n) is 5.20. The number of carbonyl (C=O) groups excluding carboxylic acids is 1. The van der Waals surface area contributed by atoms with Crippen LogP contribution in [0, 0.1) is 0 Å². The van der Waals surface area contributed by atoms with Crippen molar-refractivity contribution >= 4 is 46.6 Å². The van der Waals surface area contributed by atoms with Gasteiger partial charge >= 0.3 is 0 Å². The summed E-state index contributed by atoms with van der Waals surface area (Å²) in [6, 6.07) is 4.96. The molecular formula is C17H21Cl2N3O2S. The third-order valence-corrected chi connectivity index (χ3v) is 4.84. The van der Waals surface area contributed by atoms with Gasteiger partial charge in [0, 0.05) is 18.2 Å². The molecule has 0 aliphatic carbocycles. The summed E-state index contributed by atoms with van der Waals surface area (Å²) in [7, 11) is 0. The molecule has 0 atom stereocenters. The van der Waals surface area contributed by atoms with Crippen molar-refractivity contribution < 1.29 is 4.79 Å². The van der Waals surface area contributed by atoms with E-state index in [1.54, 1.807) is 18.2 Å². The lowest BCUT2D eigenvalue weighted by atomic mass is 10.1. The SMILES string of the molecule is CC.CC(=O)Nc1cc(Cl)c(Sc2cc(C(C)C)c(=O)[nH]n2)c(Cl)c1. The van der Waals surface area contributed by atoms with Crippen LogP contribution >= 0.6 is 35.0 Å². The van der Waals surface area contributed by atoms with Crippen LogP contribution in [0.3, 0.4) is 0 Å². The van der Waals surface area contributed by atoms with Gasteiger partial charge in [-0.3, -0.25) is 9.59 Å². The number of benzene rings is 1. The molecule has 0 saturated carbocycles. The zero-order valence-electron chi connectivity index (χ0n) is 14.7. The van der Waals surface area contributed by atoms with Gasteiger partial charge in [-0.2, -0.15) is 5.10 Å². The first-order valence-electron chi connectivity index (χ1n) is 7.82. The fourth-order valence-electron chi connectivity index (χ4n) is 1.92. The zero-order valence-corrected chi connectivity index (χ0v) is 17.1. The Balaban J connectivity index is 0.00000151. The first-order valence-corrected chi connectivity index (χ1v) is 9.39. The third-order valence-electron chi connectivity index (χ3n) is 2.96. The van der Waals surface area contributed by atoms with E-state index in [1.165, 1.54) is 18.7 Å². The number of H-pyrrole nitrogens is 1. The van der Waals surface area contributed by atoms with Crippen LogP contribution in [0.15, 0.2) is 32.9 Å². The third kappa shape index (κ3) is 6.06. The molecule has 1 heterocycles. The van der Waals surface area contributed by atoms with Gasteiger partial charge in [-0.1, -0.05) is 62.7 Å². The summed E-state index contributed by atoms with van der Waals surface area (Å²) in [4.78, 5) is 23.4. The average molecular weight is 402 g/mol. The fourth-order valence-corrected chi connectivity index (χ4v) is 3.44. The number of rotatable bonds is 4. The Bertz CT molecular complexity index is 784. The van der Waals surface area contributed by atoms with Gasteiger partial charge < -0.3 is 5.32 Å². The molecule has 5 nitrogen and oxygen atoms in total. The highest BCUT2D eigenvalue weighted by atomic mass is 35.5. The van der Waals surface area contributed by atoms with Crippen LogP contribution in [0.25, 0.3) is 0 Å². The molecule has 2 N–H and O–H groups in total. The maximum atomic E-state index is 11.7. The van der Waals surface area contributed by atoms with Crippen molar-refractivity contribution in [2.45, 2.75) is 50.5 Å². The number of anilines is 1. The standard InChI is InChI=1S/C15H15Cl2N3O2S.C2H6/c1-7(2)10-6-13(19-20-15(10)22)23-14-11(16)4-9(5-12(14)17)18-8(3)21;1-2/h4-7H,1-3H3,(H,18,21)(H,20,22);1-2H3. The number of nitrogens with zero attached hydrogens (tertiary/aromatic N) is 1. The van der Waals surface area contributed by atoms with Crippen LogP contribution in [0.1, 0.15) is 46.1 Å². The molecular weight excluding hydrogens is 381 g/mol. The van der Waals surface area contributed by atoms with E-state index in [4.69, 9.17) is 23.2 Å². The molecule has 1 aromatic carbocycles. The predicted molar refractivity (Wildman–Crippen MR) is 105 cm³/mol. The minimum atomic E-state index is -0.207. The lowest BCUT2D eigenvalue weighted by Crippen LogP contribution is -2.15. The Kier molecular flexibility index (Phi) is 8.48. The van der Waals surface area contributed by atoms with Gasteiger partial charge in [0.05, 0.1) is 14.9 Å². The molecule has 0 aliphatic rings. The van der Waals surface area contributed by atoms with Crippen molar-refractivity contribution in [2.24, 2.45) is 0 Å². The maximum Gasteiger partial charge on any atom is 0.267 e. The molecule has 0 aliphatic heterocycles. The highest BCUT2D eigenvalue weighted by molar-refractivity contribution is 7.99. The lowest BCUT2D eigenvalue weighted by molar-refractivity contribution is -0.114. The predicted octanol–water partition coefficient (Wildman–Crippen LogP) is 5.34. The second-order valence-corrected chi connectivity index (χ2v) is 7.04. The number of aromatic amines is 1. The molecule has 0 unspecified atom stereocenters.